The summed E-state index contributed by atoms with van der Waals surface area (Å²) < 4.78 is 13.6. The molecule has 3 rings (SSSR count). The van der Waals surface area contributed by atoms with E-state index in [9.17, 15) is 4.39 Å². The van der Waals surface area contributed by atoms with E-state index in [1.807, 2.05) is 6.07 Å². The van der Waals surface area contributed by atoms with Crippen LogP contribution in [0.2, 0.25) is 0 Å². The highest BCUT2D eigenvalue weighted by Gasteiger charge is 2.25. The van der Waals surface area contributed by atoms with Crippen LogP contribution in [0, 0.1) is 5.82 Å². The number of benzene rings is 1. The van der Waals surface area contributed by atoms with Gasteiger partial charge in [-0.05, 0) is 37.6 Å². The predicted octanol–water partition coefficient (Wildman–Crippen LogP) is 2.43. The Morgan fingerprint density at radius 1 is 1.38 bits per heavy atom. The van der Waals surface area contributed by atoms with Gasteiger partial charge in [-0.2, -0.15) is 0 Å². The van der Waals surface area contributed by atoms with Crippen molar-refractivity contribution in [3.05, 3.63) is 29.6 Å². The molecular weight excluding hydrogens is 203 g/mol. The fourth-order valence-corrected chi connectivity index (χ4v) is 2.66. The lowest BCUT2D eigenvalue weighted by Crippen LogP contribution is -2.41. The number of hydrogen-bond acceptors (Lipinski definition) is 2. The monoisotopic (exact) mass is 220 g/mol. The molecule has 0 saturated carbocycles. The maximum atomic E-state index is 13.6. The highest BCUT2D eigenvalue weighted by atomic mass is 19.1. The third-order valence-electron chi connectivity index (χ3n) is 3.71. The summed E-state index contributed by atoms with van der Waals surface area (Å²) >= 11 is 0. The summed E-state index contributed by atoms with van der Waals surface area (Å²) in [5.41, 5.74) is 1.90. The summed E-state index contributed by atoms with van der Waals surface area (Å²) in [7, 11) is 0. The number of likely N-dealkylation sites (tertiary alicyclic amines) is 1. The number of anilines is 1. The number of para-hydroxylation sites is 1. The third kappa shape index (κ3) is 1.69. The molecule has 86 valence electrons. The molecule has 2 heterocycles. The van der Waals surface area contributed by atoms with E-state index in [0.29, 0.717) is 5.92 Å². The van der Waals surface area contributed by atoms with Crippen molar-refractivity contribution in [3.8, 4) is 0 Å². The molecule has 1 aromatic rings. The van der Waals surface area contributed by atoms with Gasteiger partial charge < -0.3 is 10.2 Å². The zero-order chi connectivity index (χ0) is 11.0. The maximum Gasteiger partial charge on any atom is 0.146 e. The Balaban J connectivity index is 1.84. The van der Waals surface area contributed by atoms with Crippen molar-refractivity contribution in [2.45, 2.75) is 18.8 Å². The van der Waals surface area contributed by atoms with Crippen molar-refractivity contribution >= 4 is 5.69 Å². The highest BCUT2D eigenvalue weighted by Crippen LogP contribution is 2.34. The highest BCUT2D eigenvalue weighted by molar-refractivity contribution is 5.56. The molecule has 1 atom stereocenters. The third-order valence-corrected chi connectivity index (χ3v) is 3.71. The first kappa shape index (κ1) is 10.1. The second-order valence-electron chi connectivity index (χ2n) is 4.77. The van der Waals surface area contributed by atoms with E-state index < -0.39 is 0 Å². The summed E-state index contributed by atoms with van der Waals surface area (Å²) in [5.74, 6) is 0.401. The average molecular weight is 220 g/mol. The molecule has 1 fully saturated rings. The average Bonchev–Trinajstić information content (AvgIpc) is 2.24. The molecular formula is C13H17FN2. The Labute approximate surface area is 95.4 Å². The first-order valence-electron chi connectivity index (χ1n) is 6.09. The van der Waals surface area contributed by atoms with Crippen molar-refractivity contribution in [2.24, 2.45) is 0 Å². The van der Waals surface area contributed by atoms with E-state index in [4.69, 9.17) is 0 Å². The summed E-state index contributed by atoms with van der Waals surface area (Å²) in [6.45, 7) is 4.42. The number of fused-ring (bicyclic) bond motifs is 1. The van der Waals surface area contributed by atoms with Crippen molar-refractivity contribution in [3.63, 3.8) is 0 Å². The first-order valence-corrected chi connectivity index (χ1v) is 6.09. The molecule has 3 heteroatoms. The van der Waals surface area contributed by atoms with Gasteiger partial charge in [0.25, 0.3) is 0 Å². The zero-order valence-electron chi connectivity index (χ0n) is 9.38. The summed E-state index contributed by atoms with van der Waals surface area (Å²) in [6.07, 6.45) is 2.44. The fourth-order valence-electron chi connectivity index (χ4n) is 2.66. The second-order valence-corrected chi connectivity index (χ2v) is 4.77. The van der Waals surface area contributed by atoms with Crippen LogP contribution >= 0.6 is 0 Å². The molecule has 1 saturated heterocycles. The Hall–Kier alpha value is -1.09. The zero-order valence-corrected chi connectivity index (χ0v) is 9.38. The number of hydrogen-bond donors (Lipinski definition) is 1. The van der Waals surface area contributed by atoms with Gasteiger partial charge in [0.05, 0.1) is 5.69 Å². The lowest BCUT2D eigenvalue weighted by Gasteiger charge is -2.36. The molecule has 0 amide bonds. The molecule has 2 aliphatic heterocycles. The normalized spacial score (nSPS) is 24.4. The van der Waals surface area contributed by atoms with Crippen molar-refractivity contribution in [1.29, 1.82) is 0 Å². The Morgan fingerprint density at radius 3 is 3.00 bits per heavy atom. The molecule has 0 bridgehead atoms. The lowest BCUT2D eigenvalue weighted by atomic mass is 9.89. The van der Waals surface area contributed by atoms with Gasteiger partial charge in [-0.3, -0.25) is 0 Å². The smallest absolute Gasteiger partial charge is 0.146 e. The first-order chi connectivity index (χ1) is 7.84. The van der Waals surface area contributed by atoms with Crippen LogP contribution in [0.15, 0.2) is 18.2 Å². The van der Waals surface area contributed by atoms with E-state index in [1.165, 1.54) is 25.6 Å². The Kier molecular flexibility index (Phi) is 2.56. The molecule has 2 aliphatic rings. The molecule has 1 N–H and O–H groups in total. The van der Waals surface area contributed by atoms with Gasteiger partial charge in [-0.25, -0.2) is 4.39 Å². The second kappa shape index (κ2) is 4.06. The van der Waals surface area contributed by atoms with Crippen LogP contribution in [0.25, 0.3) is 0 Å². The van der Waals surface area contributed by atoms with Crippen LogP contribution in [-0.2, 0) is 0 Å². The number of nitrogens with zero attached hydrogens (tertiary/aromatic N) is 1. The number of nitrogens with one attached hydrogen (secondary N) is 1. The van der Waals surface area contributed by atoms with Crippen LogP contribution in [0.3, 0.4) is 0 Å². The fraction of sp³-hybridized carbons (Fsp3) is 0.538. The molecule has 0 aliphatic carbocycles. The molecule has 2 nitrogen and oxygen atoms in total. The van der Waals surface area contributed by atoms with E-state index in [1.54, 1.807) is 0 Å². The maximum absolute atomic E-state index is 13.6. The predicted molar refractivity (Wildman–Crippen MR) is 63.3 cm³/mol. The largest absolute Gasteiger partial charge is 0.382 e. The van der Waals surface area contributed by atoms with Crippen LogP contribution in [0.4, 0.5) is 10.1 Å². The van der Waals surface area contributed by atoms with Crippen LogP contribution < -0.4 is 5.32 Å². The van der Waals surface area contributed by atoms with Crippen LogP contribution in [-0.4, -0.2) is 31.1 Å². The topological polar surface area (TPSA) is 15.3 Å². The summed E-state index contributed by atoms with van der Waals surface area (Å²) in [6, 6.07) is 5.43. The molecule has 0 spiro atoms. The van der Waals surface area contributed by atoms with Gasteiger partial charge in [-0.1, -0.05) is 12.1 Å². The minimum Gasteiger partial charge on any atom is -0.382 e. The lowest BCUT2D eigenvalue weighted by molar-refractivity contribution is 0.167. The van der Waals surface area contributed by atoms with Crippen LogP contribution in [0.5, 0.6) is 0 Å². The molecule has 1 unspecified atom stereocenters. The summed E-state index contributed by atoms with van der Waals surface area (Å²) in [4.78, 5) is 2.46. The van der Waals surface area contributed by atoms with Crippen molar-refractivity contribution in [2.75, 3.05) is 31.5 Å². The van der Waals surface area contributed by atoms with Crippen molar-refractivity contribution < 1.29 is 4.39 Å². The van der Waals surface area contributed by atoms with E-state index >= 15 is 0 Å². The Bertz CT molecular complexity index is 388. The van der Waals surface area contributed by atoms with Crippen molar-refractivity contribution in [1.82, 2.24) is 4.90 Å². The van der Waals surface area contributed by atoms with Crippen LogP contribution in [0.1, 0.15) is 24.3 Å². The summed E-state index contributed by atoms with van der Waals surface area (Å²) in [5, 5.41) is 3.18. The van der Waals surface area contributed by atoms with Gasteiger partial charge >= 0.3 is 0 Å². The molecule has 0 radical (unpaired) electrons. The van der Waals surface area contributed by atoms with E-state index in [-0.39, 0.29) is 5.82 Å². The molecule has 1 aromatic carbocycles. The number of rotatable bonds is 2. The Morgan fingerprint density at radius 2 is 2.25 bits per heavy atom. The minimum absolute atomic E-state index is 0.106. The van der Waals surface area contributed by atoms with Gasteiger partial charge in [0.1, 0.15) is 5.82 Å². The van der Waals surface area contributed by atoms with Gasteiger partial charge in [0, 0.05) is 19.0 Å². The minimum atomic E-state index is -0.106. The van der Waals surface area contributed by atoms with Gasteiger partial charge in [0.15, 0.2) is 0 Å². The quantitative estimate of drug-likeness (QED) is 0.823. The van der Waals surface area contributed by atoms with Gasteiger partial charge in [0.2, 0.25) is 0 Å². The molecule has 16 heavy (non-hydrogen) atoms. The number of halogens is 1. The van der Waals surface area contributed by atoms with E-state index in [2.05, 4.69) is 16.3 Å². The SMILES string of the molecule is Fc1cccc2c1NCCC2CN1CCC1. The van der Waals surface area contributed by atoms with E-state index in [0.717, 1.165) is 30.8 Å². The molecule has 0 aromatic heterocycles. The van der Waals surface area contributed by atoms with Gasteiger partial charge in [-0.15, -0.1) is 0 Å². The standard InChI is InChI=1S/C13H17FN2/c14-12-4-1-3-11-10(5-6-15-13(11)12)9-16-7-2-8-16/h1,3-4,10,15H,2,5-9H2.